The van der Waals surface area contributed by atoms with Gasteiger partial charge in [-0.3, -0.25) is 4.79 Å². The molecule has 2 aromatic heterocycles. The summed E-state index contributed by atoms with van der Waals surface area (Å²) in [7, 11) is 0. The second-order valence-electron chi connectivity index (χ2n) is 6.21. The second kappa shape index (κ2) is 6.76. The van der Waals surface area contributed by atoms with Crippen LogP contribution in [-0.4, -0.2) is 39.0 Å². The standard InChI is InChI=1S/C18H18N4O2S/c1-12-19-17(24-21-12)14-7-8-22(10-14)18(23)15-11-25-16(20-15)9-13-5-3-2-4-6-13/h2-6,11,14H,7-10H2,1H3/t14-/m0/s1. The summed E-state index contributed by atoms with van der Waals surface area (Å²) in [5.74, 6) is 1.35. The van der Waals surface area contributed by atoms with E-state index in [0.29, 0.717) is 30.5 Å². The molecule has 3 heterocycles. The number of benzene rings is 1. The fourth-order valence-corrected chi connectivity index (χ4v) is 3.85. The van der Waals surface area contributed by atoms with Crippen molar-refractivity contribution >= 4 is 17.2 Å². The fraction of sp³-hybridized carbons (Fsp3) is 0.333. The molecule has 0 spiro atoms. The number of amides is 1. The molecular formula is C18H18N4O2S. The Balaban J connectivity index is 1.42. The third-order valence-electron chi connectivity index (χ3n) is 4.34. The Kier molecular flexibility index (Phi) is 4.31. The lowest BCUT2D eigenvalue weighted by molar-refractivity contribution is 0.0784. The van der Waals surface area contributed by atoms with E-state index in [4.69, 9.17) is 4.52 Å². The number of rotatable bonds is 4. The number of hydrogen-bond acceptors (Lipinski definition) is 6. The molecule has 1 fully saturated rings. The number of hydrogen-bond donors (Lipinski definition) is 0. The topological polar surface area (TPSA) is 72.1 Å². The lowest BCUT2D eigenvalue weighted by Gasteiger charge is -2.13. The van der Waals surface area contributed by atoms with Gasteiger partial charge in [0, 0.05) is 24.9 Å². The maximum atomic E-state index is 12.7. The van der Waals surface area contributed by atoms with Gasteiger partial charge in [0.2, 0.25) is 5.89 Å². The molecule has 25 heavy (non-hydrogen) atoms. The smallest absolute Gasteiger partial charge is 0.273 e. The van der Waals surface area contributed by atoms with Crippen LogP contribution in [-0.2, 0) is 6.42 Å². The Labute approximate surface area is 149 Å². The van der Waals surface area contributed by atoms with Gasteiger partial charge in [-0.05, 0) is 18.9 Å². The van der Waals surface area contributed by atoms with Crippen LogP contribution in [0, 0.1) is 6.92 Å². The van der Waals surface area contributed by atoms with Crippen LogP contribution < -0.4 is 0 Å². The van der Waals surface area contributed by atoms with Crippen molar-refractivity contribution in [2.75, 3.05) is 13.1 Å². The van der Waals surface area contributed by atoms with E-state index in [1.54, 1.807) is 6.92 Å². The molecule has 1 aromatic carbocycles. The van der Waals surface area contributed by atoms with Crippen LogP contribution in [0.5, 0.6) is 0 Å². The quantitative estimate of drug-likeness (QED) is 0.720. The molecule has 4 rings (SSSR count). The highest BCUT2D eigenvalue weighted by Gasteiger charge is 2.32. The van der Waals surface area contributed by atoms with Crippen molar-refractivity contribution in [2.24, 2.45) is 0 Å². The van der Waals surface area contributed by atoms with Crippen molar-refractivity contribution in [3.63, 3.8) is 0 Å². The molecule has 1 saturated heterocycles. The van der Waals surface area contributed by atoms with E-state index >= 15 is 0 Å². The normalized spacial score (nSPS) is 17.2. The zero-order valence-corrected chi connectivity index (χ0v) is 14.7. The van der Waals surface area contributed by atoms with E-state index in [2.05, 4.69) is 27.3 Å². The molecule has 1 aliphatic heterocycles. The Morgan fingerprint density at radius 3 is 2.92 bits per heavy atom. The van der Waals surface area contributed by atoms with Gasteiger partial charge in [-0.2, -0.15) is 4.98 Å². The van der Waals surface area contributed by atoms with E-state index in [0.717, 1.165) is 17.8 Å². The number of carbonyl (C=O) groups is 1. The predicted octanol–water partition coefficient (Wildman–Crippen LogP) is 3.06. The number of aromatic nitrogens is 3. The summed E-state index contributed by atoms with van der Waals surface area (Å²) in [6, 6.07) is 10.2. The van der Waals surface area contributed by atoms with E-state index in [1.165, 1.54) is 16.9 Å². The zero-order chi connectivity index (χ0) is 17.2. The van der Waals surface area contributed by atoms with E-state index in [1.807, 2.05) is 28.5 Å². The number of carbonyl (C=O) groups excluding carboxylic acids is 1. The van der Waals surface area contributed by atoms with Crippen LogP contribution in [0.4, 0.5) is 0 Å². The third-order valence-corrected chi connectivity index (χ3v) is 5.19. The number of likely N-dealkylation sites (tertiary alicyclic amines) is 1. The summed E-state index contributed by atoms with van der Waals surface area (Å²) in [4.78, 5) is 23.3. The number of aryl methyl sites for hydroxylation is 1. The molecule has 7 heteroatoms. The highest BCUT2D eigenvalue weighted by molar-refractivity contribution is 7.09. The van der Waals surface area contributed by atoms with Gasteiger partial charge in [0.1, 0.15) is 5.69 Å². The molecule has 0 N–H and O–H groups in total. The molecule has 3 aromatic rings. The molecule has 0 aliphatic carbocycles. The minimum absolute atomic E-state index is 0.0192. The van der Waals surface area contributed by atoms with Gasteiger partial charge in [-0.1, -0.05) is 35.5 Å². The molecule has 0 saturated carbocycles. The molecule has 0 radical (unpaired) electrons. The first kappa shape index (κ1) is 16.0. The van der Waals surface area contributed by atoms with E-state index < -0.39 is 0 Å². The lowest BCUT2D eigenvalue weighted by atomic mass is 10.1. The van der Waals surface area contributed by atoms with Crippen LogP contribution in [0.15, 0.2) is 40.2 Å². The Morgan fingerprint density at radius 2 is 2.16 bits per heavy atom. The molecule has 1 aliphatic rings. The lowest BCUT2D eigenvalue weighted by Crippen LogP contribution is -2.28. The summed E-state index contributed by atoms with van der Waals surface area (Å²) in [6.45, 7) is 3.09. The SMILES string of the molecule is Cc1noc([C@H]2CCN(C(=O)c3csc(Cc4ccccc4)n3)C2)n1. The maximum absolute atomic E-state index is 12.7. The van der Waals surface area contributed by atoms with Gasteiger partial charge in [0.05, 0.1) is 10.9 Å². The van der Waals surface area contributed by atoms with Crippen molar-refractivity contribution in [1.29, 1.82) is 0 Å². The third kappa shape index (κ3) is 3.46. The molecule has 1 amide bonds. The average molecular weight is 354 g/mol. The fourth-order valence-electron chi connectivity index (χ4n) is 3.05. The second-order valence-corrected chi connectivity index (χ2v) is 7.15. The molecule has 0 unspecified atom stereocenters. The number of thiazole rings is 1. The molecule has 1 atom stereocenters. The van der Waals surface area contributed by atoms with Gasteiger partial charge in [-0.25, -0.2) is 4.98 Å². The van der Waals surface area contributed by atoms with Crippen molar-refractivity contribution in [3.8, 4) is 0 Å². The summed E-state index contributed by atoms with van der Waals surface area (Å²) in [5, 5.41) is 6.64. The Bertz CT molecular complexity index is 874. The summed E-state index contributed by atoms with van der Waals surface area (Å²) in [6.07, 6.45) is 1.59. The molecule has 0 bridgehead atoms. The van der Waals surface area contributed by atoms with Gasteiger partial charge in [0.15, 0.2) is 5.82 Å². The summed E-state index contributed by atoms with van der Waals surface area (Å²) >= 11 is 1.53. The first-order valence-corrected chi connectivity index (χ1v) is 9.15. The van der Waals surface area contributed by atoms with Crippen molar-refractivity contribution < 1.29 is 9.32 Å². The molecular weight excluding hydrogens is 336 g/mol. The van der Waals surface area contributed by atoms with Crippen LogP contribution in [0.2, 0.25) is 0 Å². The van der Waals surface area contributed by atoms with Crippen LogP contribution >= 0.6 is 11.3 Å². The first-order chi connectivity index (χ1) is 12.2. The Morgan fingerprint density at radius 1 is 1.32 bits per heavy atom. The Hall–Kier alpha value is -2.54. The van der Waals surface area contributed by atoms with E-state index in [-0.39, 0.29) is 11.8 Å². The first-order valence-electron chi connectivity index (χ1n) is 8.27. The molecule has 6 nitrogen and oxygen atoms in total. The van der Waals surface area contributed by atoms with E-state index in [9.17, 15) is 4.79 Å². The van der Waals surface area contributed by atoms with Crippen LogP contribution in [0.1, 0.15) is 45.1 Å². The minimum atomic E-state index is -0.0192. The van der Waals surface area contributed by atoms with Gasteiger partial charge >= 0.3 is 0 Å². The highest BCUT2D eigenvalue weighted by Crippen LogP contribution is 2.27. The molecule has 128 valence electrons. The van der Waals surface area contributed by atoms with Crippen molar-refractivity contribution in [3.05, 3.63) is 63.7 Å². The van der Waals surface area contributed by atoms with Gasteiger partial charge in [-0.15, -0.1) is 11.3 Å². The van der Waals surface area contributed by atoms with Crippen molar-refractivity contribution in [1.82, 2.24) is 20.0 Å². The van der Waals surface area contributed by atoms with Crippen LogP contribution in [0.3, 0.4) is 0 Å². The maximum Gasteiger partial charge on any atom is 0.273 e. The van der Waals surface area contributed by atoms with Crippen molar-refractivity contribution in [2.45, 2.75) is 25.7 Å². The van der Waals surface area contributed by atoms with Gasteiger partial charge in [0.25, 0.3) is 5.91 Å². The summed E-state index contributed by atoms with van der Waals surface area (Å²) < 4.78 is 5.24. The minimum Gasteiger partial charge on any atom is -0.339 e. The van der Waals surface area contributed by atoms with Gasteiger partial charge < -0.3 is 9.42 Å². The predicted molar refractivity (Wildman–Crippen MR) is 93.7 cm³/mol. The van der Waals surface area contributed by atoms with Crippen LogP contribution in [0.25, 0.3) is 0 Å². The highest BCUT2D eigenvalue weighted by atomic mass is 32.1. The largest absolute Gasteiger partial charge is 0.339 e. The average Bonchev–Trinajstić information content (AvgIpc) is 3.35. The number of nitrogens with zero attached hydrogens (tertiary/aromatic N) is 4. The summed E-state index contributed by atoms with van der Waals surface area (Å²) in [5.41, 5.74) is 1.72. The monoisotopic (exact) mass is 354 g/mol. The zero-order valence-electron chi connectivity index (χ0n) is 13.9.